The second-order valence-corrected chi connectivity index (χ2v) is 4.63. The van der Waals surface area contributed by atoms with E-state index in [0.29, 0.717) is 5.02 Å². The van der Waals surface area contributed by atoms with Gasteiger partial charge in [0.05, 0.1) is 6.10 Å². The van der Waals surface area contributed by atoms with Gasteiger partial charge in [0.15, 0.2) is 0 Å². The SMILES string of the molecule is C[C@H](O)/C(=C/c1ccc(Cl)cc1)c1ccccc1. The number of rotatable bonds is 3. The Hall–Kier alpha value is -1.57. The molecular weight excluding hydrogens is 244 g/mol. The van der Waals surface area contributed by atoms with Gasteiger partial charge < -0.3 is 5.11 Å². The van der Waals surface area contributed by atoms with Gasteiger partial charge in [-0.2, -0.15) is 0 Å². The van der Waals surface area contributed by atoms with Crippen LogP contribution in [-0.4, -0.2) is 11.2 Å². The first-order chi connectivity index (χ1) is 8.66. The highest BCUT2D eigenvalue weighted by molar-refractivity contribution is 6.30. The summed E-state index contributed by atoms with van der Waals surface area (Å²) in [6, 6.07) is 17.5. The van der Waals surface area contributed by atoms with E-state index in [1.807, 2.05) is 60.7 Å². The Morgan fingerprint density at radius 2 is 1.67 bits per heavy atom. The summed E-state index contributed by atoms with van der Waals surface area (Å²) in [5.74, 6) is 0. The van der Waals surface area contributed by atoms with Crippen molar-refractivity contribution in [1.29, 1.82) is 0 Å². The molecule has 18 heavy (non-hydrogen) atoms. The molecule has 2 aromatic rings. The van der Waals surface area contributed by atoms with E-state index in [0.717, 1.165) is 16.7 Å². The molecule has 1 atom stereocenters. The normalized spacial score (nSPS) is 13.4. The van der Waals surface area contributed by atoms with Crippen LogP contribution in [0.15, 0.2) is 54.6 Å². The number of hydrogen-bond donors (Lipinski definition) is 1. The molecule has 0 saturated carbocycles. The van der Waals surface area contributed by atoms with Gasteiger partial charge in [-0.25, -0.2) is 0 Å². The van der Waals surface area contributed by atoms with Gasteiger partial charge >= 0.3 is 0 Å². The Bertz CT molecular complexity index is 527. The summed E-state index contributed by atoms with van der Waals surface area (Å²) in [4.78, 5) is 0. The van der Waals surface area contributed by atoms with E-state index in [1.54, 1.807) is 6.92 Å². The van der Waals surface area contributed by atoms with Gasteiger partial charge in [-0.15, -0.1) is 0 Å². The molecule has 1 N–H and O–H groups in total. The Balaban J connectivity index is 2.39. The maximum atomic E-state index is 9.89. The molecule has 0 heterocycles. The lowest BCUT2D eigenvalue weighted by molar-refractivity contribution is 0.254. The van der Waals surface area contributed by atoms with E-state index in [2.05, 4.69) is 0 Å². The third-order valence-corrected chi connectivity index (χ3v) is 3.00. The number of hydrogen-bond acceptors (Lipinski definition) is 1. The molecule has 0 unspecified atom stereocenters. The Labute approximate surface area is 112 Å². The largest absolute Gasteiger partial charge is 0.389 e. The maximum Gasteiger partial charge on any atom is 0.0767 e. The monoisotopic (exact) mass is 258 g/mol. The second-order valence-electron chi connectivity index (χ2n) is 4.19. The molecule has 0 bridgehead atoms. The first kappa shape index (κ1) is 12.9. The van der Waals surface area contributed by atoms with Gasteiger partial charge in [0.2, 0.25) is 0 Å². The van der Waals surface area contributed by atoms with Gasteiger partial charge in [-0.3, -0.25) is 0 Å². The summed E-state index contributed by atoms with van der Waals surface area (Å²) in [6.07, 6.45) is 1.47. The first-order valence-corrected chi connectivity index (χ1v) is 6.25. The van der Waals surface area contributed by atoms with Crippen molar-refractivity contribution < 1.29 is 5.11 Å². The molecule has 0 spiro atoms. The summed E-state index contributed by atoms with van der Waals surface area (Å²) in [5.41, 5.74) is 2.96. The van der Waals surface area contributed by atoms with Crippen LogP contribution in [0.4, 0.5) is 0 Å². The van der Waals surface area contributed by atoms with Crippen molar-refractivity contribution in [3.05, 3.63) is 70.7 Å². The lowest BCUT2D eigenvalue weighted by Gasteiger charge is -2.11. The molecule has 2 heteroatoms. The molecule has 0 fully saturated rings. The fourth-order valence-electron chi connectivity index (χ4n) is 1.81. The second kappa shape index (κ2) is 5.85. The Morgan fingerprint density at radius 3 is 2.22 bits per heavy atom. The van der Waals surface area contributed by atoms with E-state index in [1.165, 1.54) is 0 Å². The fourth-order valence-corrected chi connectivity index (χ4v) is 1.94. The Kier molecular flexibility index (Phi) is 4.19. The smallest absolute Gasteiger partial charge is 0.0767 e. The lowest BCUT2D eigenvalue weighted by atomic mass is 9.99. The minimum atomic E-state index is -0.511. The molecule has 2 rings (SSSR count). The van der Waals surface area contributed by atoms with Crippen LogP contribution in [0.3, 0.4) is 0 Å². The average molecular weight is 259 g/mol. The van der Waals surface area contributed by atoms with Crippen LogP contribution >= 0.6 is 11.6 Å². The highest BCUT2D eigenvalue weighted by atomic mass is 35.5. The van der Waals surface area contributed by atoms with Crippen molar-refractivity contribution in [1.82, 2.24) is 0 Å². The molecule has 0 aliphatic carbocycles. The van der Waals surface area contributed by atoms with Crippen LogP contribution < -0.4 is 0 Å². The predicted octanol–water partition coefficient (Wildman–Crippen LogP) is 4.26. The third kappa shape index (κ3) is 3.22. The zero-order chi connectivity index (χ0) is 13.0. The number of benzene rings is 2. The van der Waals surface area contributed by atoms with Crippen molar-refractivity contribution in [3.63, 3.8) is 0 Å². The predicted molar refractivity (Wildman–Crippen MR) is 77.4 cm³/mol. The zero-order valence-corrected chi connectivity index (χ0v) is 10.9. The zero-order valence-electron chi connectivity index (χ0n) is 10.2. The van der Waals surface area contributed by atoms with Crippen molar-refractivity contribution >= 4 is 23.3 Å². The molecule has 0 saturated heterocycles. The van der Waals surface area contributed by atoms with Crippen LogP contribution in [0.25, 0.3) is 11.6 Å². The van der Waals surface area contributed by atoms with Crippen LogP contribution in [0, 0.1) is 0 Å². The Morgan fingerprint density at radius 1 is 1.06 bits per heavy atom. The molecule has 0 radical (unpaired) electrons. The minimum absolute atomic E-state index is 0.511. The molecule has 0 aromatic heterocycles. The number of aliphatic hydroxyl groups excluding tert-OH is 1. The van der Waals surface area contributed by atoms with Gasteiger partial charge in [0.1, 0.15) is 0 Å². The van der Waals surface area contributed by atoms with Crippen molar-refractivity contribution in [2.24, 2.45) is 0 Å². The highest BCUT2D eigenvalue weighted by Gasteiger charge is 2.07. The van der Waals surface area contributed by atoms with Gasteiger partial charge in [-0.1, -0.05) is 54.1 Å². The van der Waals surface area contributed by atoms with E-state index >= 15 is 0 Å². The van der Waals surface area contributed by atoms with E-state index < -0.39 is 6.10 Å². The minimum Gasteiger partial charge on any atom is -0.389 e. The molecule has 0 amide bonds. The van der Waals surface area contributed by atoms with Gasteiger partial charge in [0, 0.05) is 5.02 Å². The van der Waals surface area contributed by atoms with Crippen LogP contribution in [-0.2, 0) is 0 Å². The summed E-state index contributed by atoms with van der Waals surface area (Å²) >= 11 is 5.86. The standard InChI is InChI=1S/C16H15ClO/c1-12(18)16(14-5-3-2-4-6-14)11-13-7-9-15(17)10-8-13/h2-12,18H,1H3/b16-11-/t12-/m0/s1. The topological polar surface area (TPSA) is 20.2 Å². The molecule has 0 aliphatic rings. The van der Waals surface area contributed by atoms with Crippen molar-refractivity contribution in [3.8, 4) is 0 Å². The molecular formula is C16H15ClO. The van der Waals surface area contributed by atoms with Crippen LogP contribution in [0.5, 0.6) is 0 Å². The first-order valence-electron chi connectivity index (χ1n) is 5.87. The molecule has 2 aromatic carbocycles. The summed E-state index contributed by atoms with van der Waals surface area (Å²) in [7, 11) is 0. The van der Waals surface area contributed by atoms with Gasteiger partial charge in [-0.05, 0) is 41.8 Å². The van der Waals surface area contributed by atoms with Crippen LogP contribution in [0.2, 0.25) is 5.02 Å². The quantitative estimate of drug-likeness (QED) is 0.816. The average Bonchev–Trinajstić information content (AvgIpc) is 2.38. The summed E-state index contributed by atoms with van der Waals surface area (Å²) in [5, 5.41) is 10.6. The van der Waals surface area contributed by atoms with E-state index in [9.17, 15) is 5.11 Å². The van der Waals surface area contributed by atoms with Crippen molar-refractivity contribution in [2.75, 3.05) is 0 Å². The van der Waals surface area contributed by atoms with Gasteiger partial charge in [0.25, 0.3) is 0 Å². The molecule has 1 nitrogen and oxygen atoms in total. The third-order valence-electron chi connectivity index (χ3n) is 2.75. The maximum absolute atomic E-state index is 9.89. The summed E-state index contributed by atoms with van der Waals surface area (Å²) < 4.78 is 0. The molecule has 0 aliphatic heterocycles. The fraction of sp³-hybridized carbons (Fsp3) is 0.125. The van der Waals surface area contributed by atoms with Crippen LogP contribution in [0.1, 0.15) is 18.1 Å². The number of aliphatic hydroxyl groups is 1. The number of halogens is 1. The van der Waals surface area contributed by atoms with Crippen molar-refractivity contribution in [2.45, 2.75) is 13.0 Å². The molecule has 92 valence electrons. The van der Waals surface area contributed by atoms with E-state index in [4.69, 9.17) is 11.6 Å². The lowest BCUT2D eigenvalue weighted by Crippen LogP contribution is -2.03. The summed E-state index contributed by atoms with van der Waals surface area (Å²) in [6.45, 7) is 1.77. The van der Waals surface area contributed by atoms with E-state index in [-0.39, 0.29) is 0 Å². The highest BCUT2D eigenvalue weighted by Crippen LogP contribution is 2.22.